The van der Waals surface area contributed by atoms with Crippen LogP contribution in [0.1, 0.15) is 41.6 Å². The number of carbonyl (C=O) groups excluding carboxylic acids is 2. The Morgan fingerprint density at radius 3 is 2.32 bits per heavy atom. The molecule has 1 aliphatic carbocycles. The van der Waals surface area contributed by atoms with E-state index in [-0.39, 0.29) is 18.4 Å². The van der Waals surface area contributed by atoms with E-state index < -0.39 is 5.41 Å². The normalized spacial score (nSPS) is 15.8. The van der Waals surface area contributed by atoms with Crippen LogP contribution in [0.4, 0.5) is 0 Å². The van der Waals surface area contributed by atoms with E-state index in [9.17, 15) is 9.59 Å². The zero-order chi connectivity index (χ0) is 17.9. The van der Waals surface area contributed by atoms with E-state index in [1.54, 1.807) is 30.3 Å². The van der Waals surface area contributed by atoms with Gasteiger partial charge in [0.25, 0.3) is 0 Å². The molecule has 0 aromatic heterocycles. The summed E-state index contributed by atoms with van der Waals surface area (Å²) in [6.07, 6.45) is 3.40. The highest BCUT2D eigenvalue weighted by Gasteiger charge is 2.44. The predicted molar refractivity (Wildman–Crippen MR) is 101 cm³/mol. The van der Waals surface area contributed by atoms with E-state index in [1.165, 1.54) is 0 Å². The molecule has 2 aromatic rings. The van der Waals surface area contributed by atoms with Crippen molar-refractivity contribution in [2.24, 2.45) is 0 Å². The fourth-order valence-corrected chi connectivity index (χ4v) is 4.02. The van der Waals surface area contributed by atoms with Gasteiger partial charge in [0.1, 0.15) is 0 Å². The van der Waals surface area contributed by atoms with Crippen molar-refractivity contribution in [2.45, 2.75) is 31.1 Å². The van der Waals surface area contributed by atoms with Crippen LogP contribution in [0, 0.1) is 0 Å². The van der Waals surface area contributed by atoms with E-state index in [0.717, 1.165) is 31.2 Å². The van der Waals surface area contributed by atoms with E-state index >= 15 is 0 Å². The van der Waals surface area contributed by atoms with Gasteiger partial charge in [0.05, 0.1) is 5.41 Å². The first-order valence-corrected chi connectivity index (χ1v) is 9.41. The summed E-state index contributed by atoms with van der Waals surface area (Å²) in [7, 11) is 0. The molecular formula is C20H18BrClO3. The van der Waals surface area contributed by atoms with Crippen LogP contribution in [0.15, 0.2) is 53.0 Å². The molecule has 0 unspecified atom stereocenters. The minimum atomic E-state index is -0.668. The monoisotopic (exact) mass is 420 g/mol. The largest absolute Gasteiger partial charge is 0.457 e. The SMILES string of the molecule is O=C(COC(=O)C1(c2ccc(Cl)cc2)CCCC1)c1ccccc1Br. The Morgan fingerprint density at radius 2 is 1.68 bits per heavy atom. The molecule has 130 valence electrons. The fourth-order valence-electron chi connectivity index (χ4n) is 3.39. The van der Waals surface area contributed by atoms with E-state index in [1.807, 2.05) is 18.2 Å². The first-order chi connectivity index (χ1) is 12.0. The number of benzene rings is 2. The summed E-state index contributed by atoms with van der Waals surface area (Å²) in [6.45, 7) is -0.253. The van der Waals surface area contributed by atoms with Gasteiger partial charge in [-0.15, -0.1) is 0 Å². The maximum atomic E-state index is 12.9. The molecule has 5 heteroatoms. The summed E-state index contributed by atoms with van der Waals surface area (Å²) in [4.78, 5) is 25.2. The second-order valence-corrected chi connectivity index (χ2v) is 7.57. The molecule has 1 aliphatic rings. The number of hydrogen-bond donors (Lipinski definition) is 0. The van der Waals surface area contributed by atoms with Crippen molar-refractivity contribution in [2.75, 3.05) is 6.61 Å². The molecule has 25 heavy (non-hydrogen) atoms. The standard InChI is InChI=1S/C20H18BrClO3/c21-17-6-2-1-5-16(17)18(23)13-25-19(24)20(11-3-4-12-20)14-7-9-15(22)10-8-14/h1-2,5-10H,3-4,11-13H2. The lowest BCUT2D eigenvalue weighted by molar-refractivity contribution is -0.149. The summed E-state index contributed by atoms with van der Waals surface area (Å²) >= 11 is 9.31. The molecular weight excluding hydrogens is 404 g/mol. The summed E-state index contributed by atoms with van der Waals surface area (Å²) in [5, 5.41) is 0.634. The Morgan fingerprint density at radius 1 is 1.04 bits per heavy atom. The molecule has 0 radical (unpaired) electrons. The molecule has 0 bridgehead atoms. The highest BCUT2D eigenvalue weighted by molar-refractivity contribution is 9.10. The molecule has 0 spiro atoms. The second kappa shape index (κ2) is 7.71. The third-order valence-electron chi connectivity index (χ3n) is 4.75. The average Bonchev–Trinajstić information content (AvgIpc) is 3.11. The van der Waals surface area contributed by atoms with Crippen LogP contribution in [0.2, 0.25) is 5.02 Å². The van der Waals surface area contributed by atoms with Gasteiger partial charge in [-0.1, -0.05) is 70.7 Å². The van der Waals surface area contributed by atoms with Crippen LogP contribution in [-0.2, 0) is 14.9 Å². The zero-order valence-corrected chi connectivity index (χ0v) is 16.0. The van der Waals surface area contributed by atoms with Gasteiger partial charge in [0.15, 0.2) is 6.61 Å². The summed E-state index contributed by atoms with van der Waals surface area (Å²) in [5.74, 6) is -0.544. The van der Waals surface area contributed by atoms with Crippen LogP contribution in [0.3, 0.4) is 0 Å². The quantitative estimate of drug-likeness (QED) is 0.483. The van der Waals surface area contributed by atoms with Gasteiger partial charge in [-0.25, -0.2) is 0 Å². The van der Waals surface area contributed by atoms with Crippen molar-refractivity contribution in [1.29, 1.82) is 0 Å². The molecule has 0 atom stereocenters. The molecule has 1 fully saturated rings. The molecule has 0 amide bonds. The minimum absolute atomic E-state index is 0.218. The Balaban J connectivity index is 1.75. The molecule has 3 nitrogen and oxygen atoms in total. The van der Waals surface area contributed by atoms with Crippen molar-refractivity contribution >= 4 is 39.3 Å². The van der Waals surface area contributed by atoms with Crippen molar-refractivity contribution < 1.29 is 14.3 Å². The third-order valence-corrected chi connectivity index (χ3v) is 5.70. The van der Waals surface area contributed by atoms with Crippen LogP contribution < -0.4 is 0 Å². The van der Waals surface area contributed by atoms with Crippen molar-refractivity contribution in [3.63, 3.8) is 0 Å². The van der Waals surface area contributed by atoms with Crippen molar-refractivity contribution in [3.05, 3.63) is 69.2 Å². The van der Waals surface area contributed by atoms with Crippen LogP contribution in [0.5, 0.6) is 0 Å². The van der Waals surface area contributed by atoms with Crippen LogP contribution in [-0.4, -0.2) is 18.4 Å². The van der Waals surface area contributed by atoms with Crippen LogP contribution >= 0.6 is 27.5 Å². The lowest BCUT2D eigenvalue weighted by Gasteiger charge is -2.27. The topological polar surface area (TPSA) is 43.4 Å². The number of ketones is 1. The predicted octanol–water partition coefficient (Wildman–Crippen LogP) is 5.34. The smallest absolute Gasteiger partial charge is 0.317 e. The average molecular weight is 422 g/mol. The lowest BCUT2D eigenvalue weighted by atomic mass is 9.79. The van der Waals surface area contributed by atoms with E-state index in [2.05, 4.69) is 15.9 Å². The molecule has 0 saturated heterocycles. The Kier molecular flexibility index (Phi) is 5.60. The lowest BCUT2D eigenvalue weighted by Crippen LogP contribution is -2.35. The highest BCUT2D eigenvalue weighted by Crippen LogP contribution is 2.42. The van der Waals surface area contributed by atoms with Crippen molar-refractivity contribution in [1.82, 2.24) is 0 Å². The number of esters is 1. The number of carbonyl (C=O) groups is 2. The van der Waals surface area contributed by atoms with E-state index in [0.29, 0.717) is 15.1 Å². The summed E-state index contributed by atoms with van der Waals surface area (Å²) < 4.78 is 6.14. The Labute approximate surface area is 160 Å². The Bertz CT molecular complexity index is 780. The highest BCUT2D eigenvalue weighted by atomic mass is 79.9. The number of Topliss-reactive ketones (excluding diaryl/α,β-unsaturated/α-hetero) is 1. The molecule has 0 heterocycles. The van der Waals surface area contributed by atoms with Crippen LogP contribution in [0.25, 0.3) is 0 Å². The molecule has 1 saturated carbocycles. The summed E-state index contributed by atoms with van der Waals surface area (Å²) in [6, 6.07) is 14.5. The Hall–Kier alpha value is -1.65. The number of rotatable bonds is 5. The first kappa shape index (κ1) is 18.2. The van der Waals surface area contributed by atoms with Gasteiger partial charge in [-0.05, 0) is 36.6 Å². The maximum Gasteiger partial charge on any atom is 0.317 e. The minimum Gasteiger partial charge on any atom is -0.457 e. The second-order valence-electron chi connectivity index (χ2n) is 6.28. The van der Waals surface area contributed by atoms with Gasteiger partial charge in [0, 0.05) is 15.1 Å². The number of ether oxygens (including phenoxy) is 1. The molecule has 3 rings (SSSR count). The van der Waals surface area contributed by atoms with Gasteiger partial charge in [0.2, 0.25) is 5.78 Å². The van der Waals surface area contributed by atoms with Gasteiger partial charge >= 0.3 is 5.97 Å². The molecule has 0 aliphatic heterocycles. The molecule has 2 aromatic carbocycles. The zero-order valence-electron chi connectivity index (χ0n) is 13.6. The maximum absolute atomic E-state index is 12.9. The van der Waals surface area contributed by atoms with Gasteiger partial charge in [-0.2, -0.15) is 0 Å². The summed E-state index contributed by atoms with van der Waals surface area (Å²) in [5.41, 5.74) is 0.758. The van der Waals surface area contributed by atoms with Crippen molar-refractivity contribution in [3.8, 4) is 0 Å². The third kappa shape index (κ3) is 3.80. The number of hydrogen-bond acceptors (Lipinski definition) is 3. The first-order valence-electron chi connectivity index (χ1n) is 8.24. The van der Waals surface area contributed by atoms with Gasteiger partial charge < -0.3 is 4.74 Å². The fraction of sp³-hybridized carbons (Fsp3) is 0.300. The van der Waals surface area contributed by atoms with Gasteiger partial charge in [-0.3, -0.25) is 9.59 Å². The number of halogens is 2. The van der Waals surface area contributed by atoms with E-state index in [4.69, 9.17) is 16.3 Å². The molecule has 0 N–H and O–H groups in total.